The lowest BCUT2D eigenvalue weighted by Crippen LogP contribution is -2.38. The maximum Gasteiger partial charge on any atom is 0.330 e. The van der Waals surface area contributed by atoms with Crippen LogP contribution in [0.1, 0.15) is 30.0 Å². The summed E-state index contributed by atoms with van der Waals surface area (Å²) in [4.78, 5) is 28.4. The normalized spacial score (nSPS) is 15.0. The van der Waals surface area contributed by atoms with Gasteiger partial charge in [-0.3, -0.25) is 4.90 Å². The third-order valence-corrected chi connectivity index (χ3v) is 5.26. The van der Waals surface area contributed by atoms with Gasteiger partial charge >= 0.3 is 12.0 Å². The monoisotopic (exact) mass is 421 g/mol. The number of ether oxygens (including phenoxy) is 1. The van der Waals surface area contributed by atoms with Crippen molar-refractivity contribution in [2.75, 3.05) is 38.1 Å². The third kappa shape index (κ3) is 7.26. The standard InChI is InChI=1S/C25H31N3O3/c1-3-31-24(29)14-11-21-9-12-23(13-10-21)26-25(30)28-16-4-15-27(17-18-28)19-22-7-5-20(2)6-8-22/h5-14H,3-4,15-19H2,1-2H3,(H,26,30)/b14-11-. The van der Waals surface area contributed by atoms with E-state index in [2.05, 4.69) is 41.4 Å². The zero-order valence-corrected chi connectivity index (χ0v) is 18.3. The molecule has 0 aliphatic carbocycles. The first-order valence-electron chi connectivity index (χ1n) is 10.8. The average molecular weight is 422 g/mol. The number of nitrogens with zero attached hydrogens (tertiary/aromatic N) is 2. The fourth-order valence-electron chi connectivity index (χ4n) is 3.52. The van der Waals surface area contributed by atoms with E-state index in [9.17, 15) is 9.59 Å². The van der Waals surface area contributed by atoms with E-state index in [1.54, 1.807) is 13.0 Å². The molecule has 2 aromatic rings. The molecular weight excluding hydrogens is 390 g/mol. The largest absolute Gasteiger partial charge is 0.463 e. The van der Waals surface area contributed by atoms with Crippen molar-refractivity contribution in [2.24, 2.45) is 0 Å². The van der Waals surface area contributed by atoms with Crippen LogP contribution in [0.15, 0.2) is 54.6 Å². The van der Waals surface area contributed by atoms with Crippen molar-refractivity contribution in [3.05, 3.63) is 71.3 Å². The summed E-state index contributed by atoms with van der Waals surface area (Å²) in [5.74, 6) is -0.363. The second kappa shape index (κ2) is 11.3. The van der Waals surface area contributed by atoms with Gasteiger partial charge in [-0.2, -0.15) is 0 Å². The first kappa shape index (κ1) is 22.6. The van der Waals surface area contributed by atoms with E-state index >= 15 is 0 Å². The number of carbonyl (C=O) groups excluding carboxylic acids is 2. The van der Waals surface area contributed by atoms with Crippen LogP contribution in [0.4, 0.5) is 10.5 Å². The summed E-state index contributed by atoms with van der Waals surface area (Å²) in [6, 6.07) is 16.0. The van der Waals surface area contributed by atoms with Crippen molar-refractivity contribution in [3.8, 4) is 0 Å². The predicted octanol–water partition coefficient (Wildman–Crippen LogP) is 4.31. The fourth-order valence-corrected chi connectivity index (χ4v) is 3.52. The number of anilines is 1. The van der Waals surface area contributed by atoms with Gasteiger partial charge in [0.15, 0.2) is 0 Å². The van der Waals surface area contributed by atoms with Crippen molar-refractivity contribution in [3.63, 3.8) is 0 Å². The highest BCUT2D eigenvalue weighted by Gasteiger charge is 2.19. The molecule has 1 aliphatic rings. The Bertz CT molecular complexity index is 891. The molecule has 0 atom stereocenters. The van der Waals surface area contributed by atoms with Crippen LogP contribution in [0.2, 0.25) is 0 Å². The number of esters is 1. The van der Waals surface area contributed by atoms with Gasteiger partial charge in [0.2, 0.25) is 0 Å². The summed E-state index contributed by atoms with van der Waals surface area (Å²) in [5.41, 5.74) is 4.18. The molecule has 164 valence electrons. The second-order valence-electron chi connectivity index (χ2n) is 7.74. The summed E-state index contributed by atoms with van der Waals surface area (Å²) in [7, 11) is 0. The quantitative estimate of drug-likeness (QED) is 0.558. The van der Waals surface area contributed by atoms with Gasteiger partial charge in [-0.05, 0) is 49.6 Å². The Kier molecular flexibility index (Phi) is 8.24. The summed E-state index contributed by atoms with van der Waals surface area (Å²) in [6.45, 7) is 8.44. The minimum absolute atomic E-state index is 0.0769. The number of urea groups is 1. The second-order valence-corrected chi connectivity index (χ2v) is 7.74. The lowest BCUT2D eigenvalue weighted by Gasteiger charge is -2.22. The molecule has 31 heavy (non-hydrogen) atoms. The molecule has 0 aromatic heterocycles. The summed E-state index contributed by atoms with van der Waals surface area (Å²) in [5, 5.41) is 2.98. The lowest BCUT2D eigenvalue weighted by molar-refractivity contribution is -0.137. The van der Waals surface area contributed by atoms with Gasteiger partial charge in [-0.1, -0.05) is 42.0 Å². The average Bonchev–Trinajstić information content (AvgIpc) is 3.01. The number of hydrogen-bond acceptors (Lipinski definition) is 4. The molecule has 0 radical (unpaired) electrons. The van der Waals surface area contributed by atoms with Gasteiger partial charge in [0.25, 0.3) is 0 Å². The Morgan fingerprint density at radius 3 is 2.45 bits per heavy atom. The highest BCUT2D eigenvalue weighted by atomic mass is 16.5. The van der Waals surface area contributed by atoms with Crippen LogP contribution >= 0.6 is 0 Å². The first-order chi connectivity index (χ1) is 15.0. The lowest BCUT2D eigenvalue weighted by atomic mass is 10.1. The van der Waals surface area contributed by atoms with E-state index in [0.29, 0.717) is 13.2 Å². The van der Waals surface area contributed by atoms with Gasteiger partial charge < -0.3 is 15.0 Å². The van der Waals surface area contributed by atoms with E-state index in [1.165, 1.54) is 17.2 Å². The molecule has 1 N–H and O–H groups in total. The Balaban J connectivity index is 1.49. The van der Waals surface area contributed by atoms with Crippen LogP contribution in [0, 0.1) is 6.92 Å². The Labute approximate surface area is 184 Å². The summed E-state index contributed by atoms with van der Waals surface area (Å²) in [6.07, 6.45) is 4.05. The highest BCUT2D eigenvalue weighted by molar-refractivity contribution is 5.90. The predicted molar refractivity (Wildman–Crippen MR) is 124 cm³/mol. The van der Waals surface area contributed by atoms with Gasteiger partial charge in [0.1, 0.15) is 0 Å². The van der Waals surface area contributed by atoms with Crippen LogP contribution in [0.25, 0.3) is 6.08 Å². The van der Waals surface area contributed by atoms with Crippen molar-refractivity contribution in [1.82, 2.24) is 9.80 Å². The maximum absolute atomic E-state index is 12.7. The number of amides is 2. The molecule has 1 saturated heterocycles. The fraction of sp³-hybridized carbons (Fsp3) is 0.360. The van der Waals surface area contributed by atoms with Crippen molar-refractivity contribution in [1.29, 1.82) is 0 Å². The van der Waals surface area contributed by atoms with Crippen LogP contribution in [0.5, 0.6) is 0 Å². The number of carbonyl (C=O) groups is 2. The van der Waals surface area contributed by atoms with E-state index in [1.807, 2.05) is 29.2 Å². The molecule has 0 bridgehead atoms. The number of aryl methyl sites for hydroxylation is 1. The molecule has 1 fully saturated rings. The first-order valence-corrected chi connectivity index (χ1v) is 10.8. The minimum atomic E-state index is -0.363. The van der Waals surface area contributed by atoms with Crippen LogP contribution in [-0.2, 0) is 16.1 Å². The highest BCUT2D eigenvalue weighted by Crippen LogP contribution is 2.14. The van der Waals surface area contributed by atoms with Crippen LogP contribution in [0.3, 0.4) is 0 Å². The van der Waals surface area contributed by atoms with Crippen molar-refractivity contribution >= 4 is 23.8 Å². The molecule has 1 heterocycles. The van der Waals surface area contributed by atoms with Crippen LogP contribution < -0.4 is 5.32 Å². The Morgan fingerprint density at radius 1 is 1.00 bits per heavy atom. The van der Waals surface area contributed by atoms with Crippen LogP contribution in [-0.4, -0.2) is 54.6 Å². The molecule has 2 amide bonds. The van der Waals surface area contributed by atoms with E-state index in [0.717, 1.165) is 43.9 Å². The Morgan fingerprint density at radius 2 is 1.74 bits per heavy atom. The van der Waals surface area contributed by atoms with Gasteiger partial charge in [-0.15, -0.1) is 0 Å². The summed E-state index contributed by atoms with van der Waals surface area (Å²) >= 11 is 0. The van der Waals surface area contributed by atoms with Gasteiger partial charge in [0, 0.05) is 44.5 Å². The Hall–Kier alpha value is -3.12. The molecule has 0 spiro atoms. The maximum atomic E-state index is 12.7. The third-order valence-electron chi connectivity index (χ3n) is 5.26. The zero-order valence-electron chi connectivity index (χ0n) is 18.3. The molecule has 6 nitrogen and oxygen atoms in total. The number of nitrogens with one attached hydrogen (secondary N) is 1. The smallest absolute Gasteiger partial charge is 0.330 e. The molecule has 6 heteroatoms. The minimum Gasteiger partial charge on any atom is -0.463 e. The van der Waals surface area contributed by atoms with Crippen molar-refractivity contribution < 1.29 is 14.3 Å². The molecule has 0 unspecified atom stereocenters. The number of rotatable bonds is 6. The zero-order chi connectivity index (χ0) is 22.1. The topological polar surface area (TPSA) is 61.9 Å². The number of benzene rings is 2. The summed E-state index contributed by atoms with van der Waals surface area (Å²) < 4.78 is 4.87. The molecular formula is C25H31N3O3. The molecule has 1 aliphatic heterocycles. The van der Waals surface area contributed by atoms with E-state index < -0.39 is 0 Å². The van der Waals surface area contributed by atoms with Gasteiger partial charge in [-0.25, -0.2) is 9.59 Å². The van der Waals surface area contributed by atoms with E-state index in [-0.39, 0.29) is 12.0 Å². The van der Waals surface area contributed by atoms with E-state index in [4.69, 9.17) is 4.74 Å². The molecule has 3 rings (SSSR count). The van der Waals surface area contributed by atoms with Crippen molar-refractivity contribution in [2.45, 2.75) is 26.8 Å². The SMILES string of the molecule is CCOC(=O)/C=C\c1ccc(NC(=O)N2CCCN(Cc3ccc(C)cc3)CC2)cc1. The van der Waals surface area contributed by atoms with Gasteiger partial charge in [0.05, 0.1) is 6.61 Å². The molecule has 2 aromatic carbocycles. The molecule has 0 saturated carbocycles. The number of hydrogen-bond donors (Lipinski definition) is 1.